The van der Waals surface area contributed by atoms with Gasteiger partial charge in [-0.15, -0.1) is 0 Å². The molecule has 1 aliphatic heterocycles. The van der Waals surface area contributed by atoms with E-state index in [2.05, 4.69) is 4.74 Å². The number of nitrogens with zero attached hydrogens (tertiary/aromatic N) is 2. The van der Waals surface area contributed by atoms with Gasteiger partial charge >= 0.3 is 12.1 Å². The summed E-state index contributed by atoms with van der Waals surface area (Å²) in [6, 6.07) is 0. The largest absolute Gasteiger partial charge is 0.469 e. The molecule has 0 aromatic heterocycles. The summed E-state index contributed by atoms with van der Waals surface area (Å²) in [6.45, 7) is 7.42. The molecule has 1 aliphatic rings. The molecule has 132 valence electrons. The molecule has 0 N–H and O–H groups in total. The van der Waals surface area contributed by atoms with Crippen LogP contribution in [0.4, 0.5) is 4.79 Å². The highest BCUT2D eigenvalue weighted by Gasteiger charge is 2.48. The van der Waals surface area contributed by atoms with Crippen molar-refractivity contribution in [1.82, 2.24) is 4.90 Å². The molecule has 0 aromatic rings. The van der Waals surface area contributed by atoms with Gasteiger partial charge in [-0.25, -0.2) is 4.79 Å². The minimum absolute atomic E-state index is 0.106. The van der Waals surface area contributed by atoms with Gasteiger partial charge in [-0.2, -0.15) is 0 Å². The van der Waals surface area contributed by atoms with Crippen molar-refractivity contribution in [2.75, 3.05) is 20.2 Å². The minimum atomic E-state index is -1.20. The molecule has 0 bridgehead atoms. The fourth-order valence-electron chi connectivity index (χ4n) is 2.75. The molecule has 1 fully saturated rings. The second kappa shape index (κ2) is 7.14. The van der Waals surface area contributed by atoms with Crippen LogP contribution < -0.4 is 0 Å². The topological polar surface area (TPSA) is 99.0 Å². The van der Waals surface area contributed by atoms with E-state index in [9.17, 15) is 19.7 Å². The number of nitro groups is 1. The normalized spacial score (nSPS) is 18.9. The molecule has 1 heterocycles. The third-order valence-electron chi connectivity index (χ3n) is 4.02. The molecule has 8 heteroatoms. The molecule has 8 nitrogen and oxygen atoms in total. The third kappa shape index (κ3) is 5.07. The average molecular weight is 330 g/mol. The quantitative estimate of drug-likeness (QED) is 0.445. The maximum absolute atomic E-state index is 12.0. The van der Waals surface area contributed by atoms with Gasteiger partial charge in [-0.1, -0.05) is 6.92 Å². The maximum atomic E-state index is 12.0. The second-order valence-electron chi connectivity index (χ2n) is 7.08. The van der Waals surface area contributed by atoms with Gasteiger partial charge in [0.2, 0.25) is 5.54 Å². The standard InChI is InChI=1S/C15H26N2O6/c1-11(12(18)22-5)10-15(17(20)21)6-8-16(9-7-15)13(19)23-14(2,3)4/h11H,6-10H2,1-5H3. The number of methoxy groups -OCH3 is 1. The number of carbonyl (C=O) groups is 2. The Morgan fingerprint density at radius 1 is 1.30 bits per heavy atom. The first-order valence-electron chi connectivity index (χ1n) is 7.71. The van der Waals surface area contributed by atoms with Crippen molar-refractivity contribution in [2.24, 2.45) is 5.92 Å². The van der Waals surface area contributed by atoms with Crippen molar-refractivity contribution in [3.63, 3.8) is 0 Å². The van der Waals surface area contributed by atoms with E-state index in [1.165, 1.54) is 12.0 Å². The predicted octanol–water partition coefficient (Wildman–Crippen LogP) is 2.23. The fraction of sp³-hybridized carbons (Fsp3) is 0.867. The zero-order valence-corrected chi connectivity index (χ0v) is 14.5. The van der Waals surface area contributed by atoms with Crippen LogP contribution in [0.5, 0.6) is 0 Å². The van der Waals surface area contributed by atoms with E-state index in [-0.39, 0.29) is 37.3 Å². The summed E-state index contributed by atoms with van der Waals surface area (Å²) in [4.78, 5) is 36.3. The highest BCUT2D eigenvalue weighted by Crippen LogP contribution is 2.33. The molecule has 0 aromatic carbocycles. The number of piperidine rings is 1. The number of hydrogen-bond donors (Lipinski definition) is 0. The first-order chi connectivity index (χ1) is 10.5. The summed E-state index contributed by atoms with van der Waals surface area (Å²) in [5.74, 6) is -1.01. The van der Waals surface area contributed by atoms with Crippen molar-refractivity contribution in [2.45, 2.75) is 58.1 Å². The van der Waals surface area contributed by atoms with E-state index in [4.69, 9.17) is 4.74 Å². The Morgan fingerprint density at radius 3 is 2.22 bits per heavy atom. The van der Waals surface area contributed by atoms with Crippen LogP contribution in [0.1, 0.15) is 47.0 Å². The molecule has 0 radical (unpaired) electrons. The van der Waals surface area contributed by atoms with Crippen LogP contribution in [-0.4, -0.2) is 53.2 Å². The lowest BCUT2D eigenvalue weighted by Crippen LogP contribution is -2.52. The molecule has 0 saturated carbocycles. The SMILES string of the molecule is COC(=O)C(C)CC1([N+](=O)[O-])CCN(C(=O)OC(C)(C)C)CC1. The van der Waals surface area contributed by atoms with Crippen molar-refractivity contribution in [1.29, 1.82) is 0 Å². The third-order valence-corrected chi connectivity index (χ3v) is 4.02. The van der Waals surface area contributed by atoms with Crippen LogP contribution in [0.3, 0.4) is 0 Å². The summed E-state index contributed by atoms with van der Waals surface area (Å²) >= 11 is 0. The van der Waals surface area contributed by atoms with Gasteiger partial charge < -0.3 is 14.4 Å². The predicted molar refractivity (Wildman–Crippen MR) is 82.6 cm³/mol. The summed E-state index contributed by atoms with van der Waals surface area (Å²) in [5, 5.41) is 11.5. The smallest absolute Gasteiger partial charge is 0.410 e. The Bertz CT molecular complexity index is 463. The van der Waals surface area contributed by atoms with Gasteiger partial charge in [-0.3, -0.25) is 14.9 Å². The average Bonchev–Trinajstić information content (AvgIpc) is 2.44. The highest BCUT2D eigenvalue weighted by atomic mass is 16.6. The summed E-state index contributed by atoms with van der Waals surface area (Å²) in [7, 11) is 1.27. The number of ether oxygens (including phenoxy) is 2. The van der Waals surface area contributed by atoms with Gasteiger partial charge in [0, 0.05) is 37.3 Å². The second-order valence-corrected chi connectivity index (χ2v) is 7.08. The zero-order valence-electron chi connectivity index (χ0n) is 14.5. The summed E-state index contributed by atoms with van der Waals surface area (Å²) in [5.41, 5.74) is -1.81. The Kier molecular flexibility index (Phi) is 5.96. The van der Waals surface area contributed by atoms with Crippen LogP contribution >= 0.6 is 0 Å². The van der Waals surface area contributed by atoms with Crippen molar-refractivity contribution < 1.29 is 24.0 Å². The number of carbonyl (C=O) groups excluding carboxylic acids is 2. The van der Waals surface area contributed by atoms with E-state index in [1.807, 2.05) is 0 Å². The summed E-state index contributed by atoms with van der Waals surface area (Å²) < 4.78 is 9.93. The maximum Gasteiger partial charge on any atom is 0.410 e. The monoisotopic (exact) mass is 330 g/mol. The molecule has 1 rings (SSSR count). The van der Waals surface area contributed by atoms with Gasteiger partial charge in [0.25, 0.3) is 0 Å². The van der Waals surface area contributed by atoms with Crippen LogP contribution in [0.25, 0.3) is 0 Å². The fourth-order valence-corrected chi connectivity index (χ4v) is 2.75. The van der Waals surface area contributed by atoms with E-state index in [0.29, 0.717) is 0 Å². The number of esters is 1. The molecular weight excluding hydrogens is 304 g/mol. The number of likely N-dealkylation sites (tertiary alicyclic amines) is 1. The molecule has 0 spiro atoms. The number of rotatable bonds is 4. The molecule has 23 heavy (non-hydrogen) atoms. The molecule has 1 atom stereocenters. The van der Waals surface area contributed by atoms with E-state index in [0.717, 1.165) is 0 Å². The first kappa shape index (κ1) is 19.2. The Labute approximate surface area is 136 Å². The van der Waals surface area contributed by atoms with Crippen LogP contribution in [0, 0.1) is 16.0 Å². The summed E-state index contributed by atoms with van der Waals surface area (Å²) in [6.07, 6.45) is 0.0335. The van der Waals surface area contributed by atoms with E-state index >= 15 is 0 Å². The lowest BCUT2D eigenvalue weighted by Gasteiger charge is -2.37. The van der Waals surface area contributed by atoms with Crippen LogP contribution in [0.15, 0.2) is 0 Å². The molecular formula is C15H26N2O6. The van der Waals surface area contributed by atoms with Crippen molar-refractivity contribution >= 4 is 12.1 Å². The highest BCUT2D eigenvalue weighted by molar-refractivity contribution is 5.72. The lowest BCUT2D eigenvalue weighted by molar-refractivity contribution is -0.577. The lowest BCUT2D eigenvalue weighted by atomic mass is 9.80. The Morgan fingerprint density at radius 2 is 1.83 bits per heavy atom. The van der Waals surface area contributed by atoms with E-state index in [1.54, 1.807) is 27.7 Å². The van der Waals surface area contributed by atoms with Gasteiger partial charge in [0.1, 0.15) is 5.60 Å². The molecule has 1 saturated heterocycles. The van der Waals surface area contributed by atoms with Crippen LogP contribution in [0.2, 0.25) is 0 Å². The molecule has 0 aliphatic carbocycles. The zero-order chi connectivity index (χ0) is 17.8. The van der Waals surface area contributed by atoms with Gasteiger partial charge in [0.15, 0.2) is 0 Å². The minimum Gasteiger partial charge on any atom is -0.469 e. The van der Waals surface area contributed by atoms with Crippen LogP contribution in [-0.2, 0) is 14.3 Å². The Balaban J connectivity index is 2.73. The first-order valence-corrected chi connectivity index (χ1v) is 7.71. The van der Waals surface area contributed by atoms with E-state index < -0.39 is 29.1 Å². The Hall–Kier alpha value is -1.86. The molecule has 1 unspecified atom stereocenters. The van der Waals surface area contributed by atoms with Gasteiger partial charge in [-0.05, 0) is 20.8 Å². The van der Waals surface area contributed by atoms with Gasteiger partial charge in [0.05, 0.1) is 13.0 Å². The number of amides is 1. The van der Waals surface area contributed by atoms with Crippen molar-refractivity contribution in [3.8, 4) is 0 Å². The number of hydrogen-bond acceptors (Lipinski definition) is 6. The molecule has 1 amide bonds. The van der Waals surface area contributed by atoms with Crippen molar-refractivity contribution in [3.05, 3.63) is 10.1 Å².